The summed E-state index contributed by atoms with van der Waals surface area (Å²) in [4.78, 5) is 17.9. The fraction of sp³-hybridized carbons (Fsp3) is 0.400. The van der Waals surface area contributed by atoms with Crippen molar-refractivity contribution in [2.24, 2.45) is 0 Å². The Bertz CT molecular complexity index is 363. The highest BCUT2D eigenvalue weighted by Crippen LogP contribution is 2.08. The summed E-state index contributed by atoms with van der Waals surface area (Å²) in [6.45, 7) is 3.28. The van der Waals surface area contributed by atoms with Gasteiger partial charge in [-0.3, -0.25) is 9.78 Å². The summed E-state index contributed by atoms with van der Waals surface area (Å²) < 4.78 is 1.04. The average molecular weight is 317 g/mol. The number of rotatable bonds is 1. The second kappa shape index (κ2) is 4.89. The summed E-state index contributed by atoms with van der Waals surface area (Å²) in [7, 11) is 0. The summed E-state index contributed by atoms with van der Waals surface area (Å²) >= 11 is 2.19. The molecule has 1 aliphatic heterocycles. The molecule has 5 heteroatoms. The Hall–Kier alpha value is -0.690. The number of nitrogens with one attached hydrogen (secondary N) is 1. The van der Waals surface area contributed by atoms with Crippen molar-refractivity contribution in [2.45, 2.75) is 0 Å². The third-order valence-corrected chi connectivity index (χ3v) is 3.02. The molecule has 1 saturated heterocycles. The van der Waals surface area contributed by atoms with E-state index >= 15 is 0 Å². The molecule has 2 rings (SSSR count). The van der Waals surface area contributed by atoms with Gasteiger partial charge in [-0.25, -0.2) is 0 Å². The molecule has 1 aromatic heterocycles. The number of nitrogens with zero attached hydrogens (tertiary/aromatic N) is 2. The quantitative estimate of drug-likeness (QED) is 0.777. The molecule has 0 aliphatic carbocycles. The molecule has 2 heterocycles. The second-order valence-electron chi connectivity index (χ2n) is 3.40. The number of pyridine rings is 1. The number of carbonyl (C=O) groups is 1. The van der Waals surface area contributed by atoms with Gasteiger partial charge in [0.2, 0.25) is 0 Å². The van der Waals surface area contributed by atoms with E-state index < -0.39 is 0 Å². The molecular weight excluding hydrogens is 305 g/mol. The van der Waals surface area contributed by atoms with Crippen molar-refractivity contribution in [3.8, 4) is 0 Å². The summed E-state index contributed by atoms with van der Waals surface area (Å²) in [5.74, 6) is 0.0371. The molecule has 1 aromatic rings. The highest BCUT2D eigenvalue weighted by atomic mass is 127. The van der Waals surface area contributed by atoms with Crippen molar-refractivity contribution in [1.29, 1.82) is 0 Å². The molecule has 0 aromatic carbocycles. The molecule has 0 bridgehead atoms. The van der Waals surface area contributed by atoms with E-state index in [0.29, 0.717) is 5.69 Å². The number of hydrogen-bond acceptors (Lipinski definition) is 3. The normalized spacial score (nSPS) is 16.5. The Kier molecular flexibility index (Phi) is 3.53. The highest BCUT2D eigenvalue weighted by Gasteiger charge is 2.18. The van der Waals surface area contributed by atoms with Gasteiger partial charge in [-0.05, 0) is 34.7 Å². The molecule has 0 saturated carbocycles. The van der Waals surface area contributed by atoms with Gasteiger partial charge in [0.25, 0.3) is 5.91 Å². The van der Waals surface area contributed by atoms with E-state index in [9.17, 15) is 4.79 Å². The average Bonchev–Trinajstić information content (AvgIpc) is 2.29. The van der Waals surface area contributed by atoms with Crippen LogP contribution in [-0.4, -0.2) is 42.0 Å². The van der Waals surface area contributed by atoms with Gasteiger partial charge in [0, 0.05) is 35.9 Å². The van der Waals surface area contributed by atoms with Gasteiger partial charge < -0.3 is 10.2 Å². The first-order valence-electron chi connectivity index (χ1n) is 4.89. The van der Waals surface area contributed by atoms with Gasteiger partial charge in [-0.1, -0.05) is 0 Å². The van der Waals surface area contributed by atoms with Crippen molar-refractivity contribution in [3.63, 3.8) is 0 Å². The van der Waals surface area contributed by atoms with Crippen LogP contribution in [0, 0.1) is 3.57 Å². The van der Waals surface area contributed by atoms with Gasteiger partial charge in [0.05, 0.1) is 0 Å². The van der Waals surface area contributed by atoms with Crippen LogP contribution in [-0.2, 0) is 0 Å². The minimum atomic E-state index is 0.0371. The van der Waals surface area contributed by atoms with Crippen molar-refractivity contribution in [3.05, 3.63) is 27.6 Å². The zero-order valence-electron chi connectivity index (χ0n) is 8.24. The summed E-state index contributed by atoms with van der Waals surface area (Å²) in [5.41, 5.74) is 0.545. The number of aromatic nitrogens is 1. The molecular formula is C10H12IN3O. The van der Waals surface area contributed by atoms with Crippen molar-refractivity contribution in [2.75, 3.05) is 26.2 Å². The van der Waals surface area contributed by atoms with Crippen molar-refractivity contribution >= 4 is 28.5 Å². The number of halogens is 1. The van der Waals surface area contributed by atoms with Crippen molar-refractivity contribution in [1.82, 2.24) is 15.2 Å². The van der Waals surface area contributed by atoms with E-state index in [1.165, 1.54) is 0 Å². The molecule has 4 nitrogen and oxygen atoms in total. The standard InChI is InChI=1S/C10H12IN3O/c11-8-1-2-13-9(7-8)10(15)14-5-3-12-4-6-14/h1-2,7,12H,3-6H2. The van der Waals surface area contributed by atoms with E-state index in [2.05, 4.69) is 32.9 Å². The topological polar surface area (TPSA) is 45.2 Å². The lowest BCUT2D eigenvalue weighted by Crippen LogP contribution is -2.46. The van der Waals surface area contributed by atoms with Crippen LogP contribution in [0.1, 0.15) is 10.5 Å². The van der Waals surface area contributed by atoms with Crippen LogP contribution >= 0.6 is 22.6 Å². The lowest BCUT2D eigenvalue weighted by molar-refractivity contribution is 0.0730. The number of carbonyl (C=O) groups excluding carboxylic acids is 1. The summed E-state index contributed by atoms with van der Waals surface area (Å²) in [6.07, 6.45) is 1.68. The number of amides is 1. The van der Waals surface area contributed by atoms with Crippen LogP contribution in [0.2, 0.25) is 0 Å². The maximum Gasteiger partial charge on any atom is 0.272 e. The molecule has 0 unspecified atom stereocenters. The number of piperazine rings is 1. The molecule has 1 amide bonds. The first kappa shape index (κ1) is 10.8. The Labute approximate surface area is 102 Å². The van der Waals surface area contributed by atoms with E-state index in [1.54, 1.807) is 6.20 Å². The minimum Gasteiger partial charge on any atom is -0.335 e. The van der Waals surface area contributed by atoms with Gasteiger partial charge in [-0.2, -0.15) is 0 Å². The molecule has 80 valence electrons. The predicted molar refractivity (Wildman–Crippen MR) is 65.7 cm³/mol. The Morgan fingerprint density at radius 3 is 2.87 bits per heavy atom. The van der Waals surface area contributed by atoms with Gasteiger partial charge in [-0.15, -0.1) is 0 Å². The monoisotopic (exact) mass is 317 g/mol. The lowest BCUT2D eigenvalue weighted by atomic mass is 10.3. The Morgan fingerprint density at radius 2 is 2.20 bits per heavy atom. The van der Waals surface area contributed by atoms with Gasteiger partial charge >= 0.3 is 0 Å². The smallest absolute Gasteiger partial charge is 0.272 e. The van der Waals surface area contributed by atoms with E-state index in [-0.39, 0.29) is 5.91 Å². The lowest BCUT2D eigenvalue weighted by Gasteiger charge is -2.27. The second-order valence-corrected chi connectivity index (χ2v) is 4.65. The fourth-order valence-electron chi connectivity index (χ4n) is 1.55. The zero-order chi connectivity index (χ0) is 10.7. The van der Waals surface area contributed by atoms with E-state index in [0.717, 1.165) is 29.7 Å². The van der Waals surface area contributed by atoms with Crippen LogP contribution < -0.4 is 5.32 Å². The molecule has 1 N–H and O–H groups in total. The highest BCUT2D eigenvalue weighted by molar-refractivity contribution is 14.1. The van der Waals surface area contributed by atoms with Crippen LogP contribution in [0.4, 0.5) is 0 Å². The number of hydrogen-bond donors (Lipinski definition) is 1. The molecule has 1 fully saturated rings. The zero-order valence-corrected chi connectivity index (χ0v) is 10.4. The molecule has 0 spiro atoms. The predicted octanol–water partition coefficient (Wildman–Crippen LogP) is 0.732. The van der Waals surface area contributed by atoms with Crippen LogP contribution in [0.3, 0.4) is 0 Å². The molecule has 0 atom stereocenters. The first-order chi connectivity index (χ1) is 7.27. The SMILES string of the molecule is O=C(c1cc(I)ccn1)N1CCNCC1. The minimum absolute atomic E-state index is 0.0371. The van der Waals surface area contributed by atoms with Crippen molar-refractivity contribution < 1.29 is 4.79 Å². The van der Waals surface area contributed by atoms with Crippen LogP contribution in [0.15, 0.2) is 18.3 Å². The third kappa shape index (κ3) is 2.66. The van der Waals surface area contributed by atoms with Crippen LogP contribution in [0.5, 0.6) is 0 Å². The largest absolute Gasteiger partial charge is 0.335 e. The van der Waals surface area contributed by atoms with Crippen LogP contribution in [0.25, 0.3) is 0 Å². The van der Waals surface area contributed by atoms with E-state index in [4.69, 9.17) is 0 Å². The molecule has 1 aliphatic rings. The summed E-state index contributed by atoms with van der Waals surface area (Å²) in [6, 6.07) is 3.71. The molecule has 0 radical (unpaired) electrons. The Balaban J connectivity index is 2.12. The summed E-state index contributed by atoms with van der Waals surface area (Å²) in [5, 5.41) is 3.22. The molecule has 15 heavy (non-hydrogen) atoms. The van der Waals surface area contributed by atoms with E-state index in [1.807, 2.05) is 17.0 Å². The fourth-order valence-corrected chi connectivity index (χ4v) is 2.01. The first-order valence-corrected chi connectivity index (χ1v) is 5.97. The third-order valence-electron chi connectivity index (χ3n) is 2.35. The van der Waals surface area contributed by atoms with Gasteiger partial charge in [0.1, 0.15) is 5.69 Å². The maximum absolute atomic E-state index is 12.0. The Morgan fingerprint density at radius 1 is 1.47 bits per heavy atom. The van der Waals surface area contributed by atoms with Gasteiger partial charge in [0.15, 0.2) is 0 Å². The maximum atomic E-state index is 12.0.